The van der Waals surface area contributed by atoms with E-state index in [0.29, 0.717) is 24.1 Å². The molecule has 0 N–H and O–H groups in total. The number of ketones is 1. The molecule has 1 aliphatic heterocycles. The highest BCUT2D eigenvalue weighted by molar-refractivity contribution is 6.31. The van der Waals surface area contributed by atoms with Gasteiger partial charge in [0.1, 0.15) is 5.69 Å². The van der Waals surface area contributed by atoms with Crippen molar-refractivity contribution >= 4 is 34.7 Å². The average Bonchev–Trinajstić information content (AvgIpc) is 2.66. The summed E-state index contributed by atoms with van der Waals surface area (Å²) in [6.07, 6.45) is 0.901. The number of hydrogen-bond donors (Lipinski definition) is 0. The molecule has 1 unspecified atom stereocenters. The van der Waals surface area contributed by atoms with Crippen LogP contribution < -0.4 is 4.90 Å². The summed E-state index contributed by atoms with van der Waals surface area (Å²) in [5.74, 6) is -0.651. The number of halogens is 1. The number of hydrogen-bond acceptors (Lipinski definition) is 4. The van der Waals surface area contributed by atoms with Crippen LogP contribution in [-0.4, -0.2) is 16.6 Å². The number of allylic oxidation sites excluding steroid dienone is 2. The lowest BCUT2D eigenvalue weighted by molar-refractivity contribution is -0.384. The number of benzene rings is 2. The van der Waals surface area contributed by atoms with Gasteiger partial charge in [-0.2, -0.15) is 0 Å². The molecule has 1 aliphatic carbocycles. The van der Waals surface area contributed by atoms with Crippen molar-refractivity contribution in [2.45, 2.75) is 46.0 Å². The molecule has 0 saturated carbocycles. The highest BCUT2D eigenvalue weighted by atomic mass is 35.5. The van der Waals surface area contributed by atoms with Crippen LogP contribution in [0.5, 0.6) is 0 Å². The zero-order valence-electron chi connectivity index (χ0n) is 17.6. The van der Waals surface area contributed by atoms with Crippen LogP contribution in [0.4, 0.5) is 11.4 Å². The van der Waals surface area contributed by atoms with Gasteiger partial charge in [-0.15, -0.1) is 0 Å². The Bertz CT molecular complexity index is 1150. The molecular formula is C24H23ClN2O4. The van der Waals surface area contributed by atoms with E-state index in [2.05, 4.69) is 0 Å². The van der Waals surface area contributed by atoms with Crippen LogP contribution in [0.1, 0.15) is 50.2 Å². The van der Waals surface area contributed by atoms with Gasteiger partial charge in [0.25, 0.3) is 5.69 Å². The number of carbonyl (C=O) groups is 2. The molecule has 0 spiro atoms. The van der Waals surface area contributed by atoms with E-state index in [4.69, 9.17) is 11.6 Å². The number of nitrogens with zero attached hydrogens (tertiary/aromatic N) is 2. The minimum absolute atomic E-state index is 0.0139. The Balaban J connectivity index is 1.97. The zero-order chi connectivity index (χ0) is 22.5. The molecule has 1 heterocycles. The van der Waals surface area contributed by atoms with Crippen molar-refractivity contribution < 1.29 is 14.5 Å². The number of anilines is 1. The summed E-state index contributed by atoms with van der Waals surface area (Å²) in [6.45, 7) is 5.91. The first-order valence-corrected chi connectivity index (χ1v) is 10.5. The fraction of sp³-hybridized carbons (Fsp3) is 0.333. The standard InChI is InChI=1S/C24H23ClN2O4/c1-14-5-4-6-15(9-14)17-11-22(29)26(19-10-16(25)7-8-18(19)27(30)31)20-12-24(2,3)13-21(28)23(17)20/h4-10,17H,11-13H2,1-3H3. The second kappa shape index (κ2) is 7.61. The van der Waals surface area contributed by atoms with Crippen LogP contribution in [0.2, 0.25) is 5.02 Å². The van der Waals surface area contributed by atoms with Crippen molar-refractivity contribution in [3.8, 4) is 0 Å². The maximum absolute atomic E-state index is 13.4. The first kappa shape index (κ1) is 21.2. The summed E-state index contributed by atoms with van der Waals surface area (Å²) in [6, 6.07) is 12.0. The van der Waals surface area contributed by atoms with Crippen molar-refractivity contribution in [3.05, 3.63) is 80.0 Å². The van der Waals surface area contributed by atoms with Gasteiger partial charge < -0.3 is 0 Å². The lowest BCUT2D eigenvalue weighted by Crippen LogP contribution is -2.44. The maximum atomic E-state index is 13.4. The van der Waals surface area contributed by atoms with Gasteiger partial charge in [0, 0.05) is 41.1 Å². The average molecular weight is 439 g/mol. The summed E-state index contributed by atoms with van der Waals surface area (Å²) in [4.78, 5) is 39.3. The maximum Gasteiger partial charge on any atom is 0.293 e. The van der Waals surface area contributed by atoms with Crippen LogP contribution in [0.3, 0.4) is 0 Å². The Morgan fingerprint density at radius 3 is 2.55 bits per heavy atom. The second-order valence-corrected chi connectivity index (χ2v) is 9.53. The van der Waals surface area contributed by atoms with Crippen molar-refractivity contribution in [1.29, 1.82) is 0 Å². The Morgan fingerprint density at radius 1 is 1.13 bits per heavy atom. The topological polar surface area (TPSA) is 80.5 Å². The molecule has 4 rings (SSSR count). The second-order valence-electron chi connectivity index (χ2n) is 9.09. The number of nitro benzene ring substituents is 1. The van der Waals surface area contributed by atoms with E-state index in [-0.39, 0.29) is 45.8 Å². The van der Waals surface area contributed by atoms with Gasteiger partial charge in [0.2, 0.25) is 5.91 Å². The third-order valence-corrected chi connectivity index (χ3v) is 6.20. The largest absolute Gasteiger partial charge is 0.294 e. The minimum atomic E-state index is -0.526. The number of Topliss-reactive ketones (excluding diaryl/α,β-unsaturated/α-hetero) is 1. The van der Waals surface area contributed by atoms with Gasteiger partial charge in [0.05, 0.1) is 4.92 Å². The van der Waals surface area contributed by atoms with Crippen molar-refractivity contribution in [2.75, 3.05) is 4.90 Å². The zero-order valence-corrected chi connectivity index (χ0v) is 18.4. The number of rotatable bonds is 3. The number of nitro groups is 1. The van der Waals surface area contributed by atoms with E-state index >= 15 is 0 Å². The van der Waals surface area contributed by atoms with E-state index in [0.717, 1.165) is 11.1 Å². The molecule has 160 valence electrons. The fourth-order valence-electron chi connectivity index (χ4n) is 4.70. The Kier molecular flexibility index (Phi) is 5.21. The third-order valence-electron chi connectivity index (χ3n) is 5.96. The highest BCUT2D eigenvalue weighted by Gasteiger charge is 2.45. The van der Waals surface area contributed by atoms with Gasteiger partial charge in [-0.05, 0) is 36.5 Å². The van der Waals surface area contributed by atoms with E-state index in [9.17, 15) is 19.7 Å². The normalized spacial score (nSPS) is 20.6. The predicted octanol–water partition coefficient (Wildman–Crippen LogP) is 5.72. The summed E-state index contributed by atoms with van der Waals surface area (Å²) in [7, 11) is 0. The van der Waals surface area contributed by atoms with Gasteiger partial charge in [-0.1, -0.05) is 55.3 Å². The summed E-state index contributed by atoms with van der Waals surface area (Å²) in [5.41, 5.74) is 2.62. The smallest absolute Gasteiger partial charge is 0.293 e. The fourth-order valence-corrected chi connectivity index (χ4v) is 4.86. The van der Waals surface area contributed by atoms with Crippen molar-refractivity contribution in [2.24, 2.45) is 5.41 Å². The quantitative estimate of drug-likeness (QED) is 0.453. The molecule has 0 saturated heterocycles. The molecule has 0 aromatic heterocycles. The molecule has 7 heteroatoms. The molecule has 2 aromatic carbocycles. The van der Waals surface area contributed by atoms with Crippen LogP contribution in [-0.2, 0) is 9.59 Å². The summed E-state index contributed by atoms with van der Waals surface area (Å²) < 4.78 is 0. The number of carbonyl (C=O) groups excluding carboxylic acids is 2. The molecule has 1 amide bonds. The molecule has 0 fully saturated rings. The minimum Gasteiger partial charge on any atom is -0.294 e. The molecule has 0 radical (unpaired) electrons. The SMILES string of the molecule is Cc1cccc(C2CC(=O)N(c3cc(Cl)ccc3[N+](=O)[O-])C3=C2C(=O)CC(C)(C)C3)c1. The Morgan fingerprint density at radius 2 is 1.87 bits per heavy atom. The van der Waals surface area contributed by atoms with Gasteiger partial charge in [-0.25, -0.2) is 0 Å². The van der Waals surface area contributed by atoms with Crippen molar-refractivity contribution in [3.63, 3.8) is 0 Å². The van der Waals surface area contributed by atoms with Gasteiger partial charge in [-0.3, -0.25) is 24.6 Å². The molecule has 6 nitrogen and oxygen atoms in total. The molecule has 2 aromatic rings. The van der Waals surface area contributed by atoms with E-state index in [1.807, 2.05) is 45.0 Å². The van der Waals surface area contributed by atoms with Crippen LogP contribution >= 0.6 is 11.6 Å². The molecule has 0 bridgehead atoms. The summed E-state index contributed by atoms with van der Waals surface area (Å²) >= 11 is 6.15. The molecule has 1 atom stereocenters. The van der Waals surface area contributed by atoms with E-state index < -0.39 is 4.92 Å². The predicted molar refractivity (Wildman–Crippen MR) is 119 cm³/mol. The Labute approximate surface area is 185 Å². The Hall–Kier alpha value is -2.99. The number of aryl methyl sites for hydroxylation is 1. The first-order chi connectivity index (χ1) is 14.6. The number of amides is 1. The first-order valence-electron chi connectivity index (χ1n) is 10.2. The lowest BCUT2D eigenvalue weighted by atomic mass is 9.69. The van der Waals surface area contributed by atoms with Gasteiger partial charge >= 0.3 is 0 Å². The monoisotopic (exact) mass is 438 g/mol. The van der Waals surface area contributed by atoms with Crippen LogP contribution in [0.15, 0.2) is 53.7 Å². The van der Waals surface area contributed by atoms with Crippen LogP contribution in [0, 0.1) is 22.5 Å². The van der Waals surface area contributed by atoms with E-state index in [1.54, 1.807) is 0 Å². The summed E-state index contributed by atoms with van der Waals surface area (Å²) in [5, 5.41) is 12.0. The molecular weight excluding hydrogens is 416 g/mol. The van der Waals surface area contributed by atoms with E-state index in [1.165, 1.54) is 23.1 Å². The lowest BCUT2D eigenvalue weighted by Gasteiger charge is -2.42. The van der Waals surface area contributed by atoms with Crippen molar-refractivity contribution in [1.82, 2.24) is 0 Å². The van der Waals surface area contributed by atoms with Gasteiger partial charge in [0.15, 0.2) is 5.78 Å². The van der Waals surface area contributed by atoms with Crippen LogP contribution in [0.25, 0.3) is 0 Å². The molecule has 2 aliphatic rings. The molecule has 31 heavy (non-hydrogen) atoms. The third kappa shape index (κ3) is 3.88. The highest BCUT2D eigenvalue weighted by Crippen LogP contribution is 2.49.